The van der Waals surface area contributed by atoms with Crippen molar-refractivity contribution < 1.29 is 9.53 Å². The first-order chi connectivity index (χ1) is 8.75. The van der Waals surface area contributed by atoms with Crippen LogP contribution in [0.3, 0.4) is 0 Å². The van der Waals surface area contributed by atoms with Gasteiger partial charge < -0.3 is 10.1 Å². The van der Waals surface area contributed by atoms with E-state index in [1.165, 1.54) is 0 Å². The number of hydrogen-bond donors (Lipinski definition) is 1. The molecule has 1 atom stereocenters. The standard InChI is InChI=1S/C14H20N2O2.ClH/c1-12(16-7-9-18-10-8-16)11-14(17)15-13-5-3-2-4-6-13;/h2-6,12H,7-11H2,1H3,(H,15,17);1H. The molecule has 5 heteroatoms. The summed E-state index contributed by atoms with van der Waals surface area (Å²) in [6.07, 6.45) is 0.523. The monoisotopic (exact) mass is 284 g/mol. The molecule has 0 bridgehead atoms. The van der Waals surface area contributed by atoms with Crippen LogP contribution in [-0.4, -0.2) is 43.2 Å². The Kier molecular flexibility index (Phi) is 6.84. The lowest BCUT2D eigenvalue weighted by Gasteiger charge is -2.31. The Balaban J connectivity index is 0.00000180. The zero-order valence-corrected chi connectivity index (χ0v) is 12.0. The van der Waals surface area contributed by atoms with Crippen molar-refractivity contribution in [1.82, 2.24) is 4.90 Å². The van der Waals surface area contributed by atoms with Crippen LogP contribution in [-0.2, 0) is 9.53 Å². The zero-order valence-electron chi connectivity index (χ0n) is 11.2. The van der Waals surface area contributed by atoms with Gasteiger partial charge in [-0.2, -0.15) is 0 Å². The first-order valence-corrected chi connectivity index (χ1v) is 6.42. The summed E-state index contributed by atoms with van der Waals surface area (Å²) in [4.78, 5) is 14.2. The number of amides is 1. The second-order valence-corrected chi connectivity index (χ2v) is 4.62. The summed E-state index contributed by atoms with van der Waals surface area (Å²) < 4.78 is 5.31. The van der Waals surface area contributed by atoms with E-state index in [-0.39, 0.29) is 24.4 Å². The van der Waals surface area contributed by atoms with Crippen molar-refractivity contribution in [2.45, 2.75) is 19.4 Å². The number of nitrogens with one attached hydrogen (secondary N) is 1. The minimum Gasteiger partial charge on any atom is -0.379 e. The van der Waals surface area contributed by atoms with Crippen molar-refractivity contribution in [2.75, 3.05) is 31.6 Å². The van der Waals surface area contributed by atoms with Gasteiger partial charge in [0.05, 0.1) is 13.2 Å². The molecule has 1 aromatic rings. The molecule has 4 nitrogen and oxygen atoms in total. The van der Waals surface area contributed by atoms with Crippen molar-refractivity contribution in [3.63, 3.8) is 0 Å². The third-order valence-corrected chi connectivity index (χ3v) is 3.21. The first kappa shape index (κ1) is 16.0. The normalized spacial score (nSPS) is 17.3. The summed E-state index contributed by atoms with van der Waals surface area (Å²) in [5, 5.41) is 2.92. The van der Waals surface area contributed by atoms with Gasteiger partial charge in [-0.1, -0.05) is 18.2 Å². The second kappa shape index (κ2) is 8.15. The summed E-state index contributed by atoms with van der Waals surface area (Å²) >= 11 is 0. The Bertz CT molecular complexity index is 380. The van der Waals surface area contributed by atoms with E-state index in [4.69, 9.17) is 4.74 Å². The molecule has 0 saturated carbocycles. The minimum absolute atomic E-state index is 0. The van der Waals surface area contributed by atoms with Crippen LogP contribution in [0.2, 0.25) is 0 Å². The second-order valence-electron chi connectivity index (χ2n) is 4.62. The van der Waals surface area contributed by atoms with Crippen molar-refractivity contribution in [1.29, 1.82) is 0 Å². The average molecular weight is 285 g/mol. The van der Waals surface area contributed by atoms with Gasteiger partial charge in [-0.05, 0) is 19.1 Å². The van der Waals surface area contributed by atoms with E-state index in [1.807, 2.05) is 30.3 Å². The summed E-state index contributed by atoms with van der Waals surface area (Å²) in [7, 11) is 0. The Labute approximate surface area is 120 Å². The SMILES string of the molecule is CC(CC(=O)Nc1ccccc1)N1CCOCC1.Cl. The van der Waals surface area contributed by atoms with Crippen LogP contribution >= 0.6 is 12.4 Å². The molecule has 1 aliphatic heterocycles. The topological polar surface area (TPSA) is 41.6 Å². The van der Waals surface area contributed by atoms with E-state index in [2.05, 4.69) is 17.1 Å². The maximum Gasteiger partial charge on any atom is 0.225 e. The number of anilines is 1. The third-order valence-electron chi connectivity index (χ3n) is 3.21. The van der Waals surface area contributed by atoms with Gasteiger partial charge in [0, 0.05) is 31.2 Å². The van der Waals surface area contributed by atoms with Gasteiger partial charge >= 0.3 is 0 Å². The lowest BCUT2D eigenvalue weighted by Crippen LogP contribution is -2.43. The molecule has 0 aliphatic carbocycles. The van der Waals surface area contributed by atoms with Gasteiger partial charge in [0.15, 0.2) is 0 Å². The predicted octanol–water partition coefficient (Wildman–Crippen LogP) is 2.16. The fourth-order valence-electron chi connectivity index (χ4n) is 2.15. The van der Waals surface area contributed by atoms with Crippen molar-refractivity contribution in [2.24, 2.45) is 0 Å². The van der Waals surface area contributed by atoms with Gasteiger partial charge in [-0.15, -0.1) is 12.4 Å². The number of nitrogens with zero attached hydrogens (tertiary/aromatic N) is 1. The highest BCUT2D eigenvalue weighted by Crippen LogP contribution is 2.10. The number of carbonyl (C=O) groups excluding carboxylic acids is 1. The Morgan fingerprint density at radius 1 is 1.32 bits per heavy atom. The molecule has 1 unspecified atom stereocenters. The molecule has 0 aromatic heterocycles. The molecule has 1 fully saturated rings. The zero-order chi connectivity index (χ0) is 12.8. The summed E-state index contributed by atoms with van der Waals surface area (Å²) in [5.41, 5.74) is 0.858. The van der Waals surface area contributed by atoms with Crippen LogP contribution < -0.4 is 5.32 Å². The molecule has 1 aromatic carbocycles. The van der Waals surface area contributed by atoms with Crippen molar-refractivity contribution in [3.05, 3.63) is 30.3 Å². The number of rotatable bonds is 4. The van der Waals surface area contributed by atoms with E-state index in [1.54, 1.807) is 0 Å². The lowest BCUT2D eigenvalue weighted by molar-refractivity contribution is -0.117. The summed E-state index contributed by atoms with van der Waals surface area (Å²) in [6.45, 7) is 5.46. The Morgan fingerprint density at radius 2 is 1.95 bits per heavy atom. The molecular weight excluding hydrogens is 264 g/mol. The molecule has 0 spiro atoms. The van der Waals surface area contributed by atoms with Gasteiger partial charge in [0.25, 0.3) is 0 Å². The fraction of sp³-hybridized carbons (Fsp3) is 0.500. The van der Waals surface area contributed by atoms with Crippen molar-refractivity contribution >= 4 is 24.0 Å². The number of morpholine rings is 1. The number of halogens is 1. The molecule has 1 N–H and O–H groups in total. The van der Waals surface area contributed by atoms with Gasteiger partial charge in [-0.25, -0.2) is 0 Å². The maximum absolute atomic E-state index is 11.9. The quantitative estimate of drug-likeness (QED) is 0.921. The summed E-state index contributed by atoms with van der Waals surface area (Å²) in [6, 6.07) is 9.83. The highest BCUT2D eigenvalue weighted by Gasteiger charge is 2.19. The van der Waals surface area contributed by atoms with Gasteiger partial charge in [-0.3, -0.25) is 9.69 Å². The van der Waals surface area contributed by atoms with Crippen LogP contribution in [0.1, 0.15) is 13.3 Å². The average Bonchev–Trinajstić information content (AvgIpc) is 2.40. The molecule has 0 radical (unpaired) electrons. The molecule has 1 heterocycles. The molecular formula is C14H21ClN2O2. The van der Waals surface area contributed by atoms with E-state index < -0.39 is 0 Å². The molecule has 2 rings (SSSR count). The molecule has 1 aliphatic rings. The number of hydrogen-bond acceptors (Lipinski definition) is 3. The van der Waals surface area contributed by atoms with Crippen LogP contribution in [0.4, 0.5) is 5.69 Å². The van der Waals surface area contributed by atoms with Crippen LogP contribution in [0.15, 0.2) is 30.3 Å². The Morgan fingerprint density at radius 3 is 2.58 bits per heavy atom. The first-order valence-electron chi connectivity index (χ1n) is 6.42. The van der Waals surface area contributed by atoms with Crippen molar-refractivity contribution in [3.8, 4) is 0 Å². The predicted molar refractivity (Wildman–Crippen MR) is 78.8 cm³/mol. The Hall–Kier alpha value is -1.10. The van der Waals surface area contributed by atoms with Gasteiger partial charge in [0.2, 0.25) is 5.91 Å². The number of carbonyl (C=O) groups is 1. The molecule has 1 saturated heterocycles. The summed E-state index contributed by atoms with van der Waals surface area (Å²) in [5.74, 6) is 0.0696. The smallest absolute Gasteiger partial charge is 0.225 e. The highest BCUT2D eigenvalue weighted by atomic mass is 35.5. The van der Waals surface area contributed by atoms with Gasteiger partial charge in [0.1, 0.15) is 0 Å². The van der Waals surface area contributed by atoms with E-state index in [0.717, 1.165) is 32.0 Å². The third kappa shape index (κ3) is 5.19. The largest absolute Gasteiger partial charge is 0.379 e. The number of ether oxygens (including phenoxy) is 1. The molecule has 1 amide bonds. The fourth-order valence-corrected chi connectivity index (χ4v) is 2.15. The van der Waals surface area contributed by atoms with Crippen LogP contribution in [0.5, 0.6) is 0 Å². The highest BCUT2D eigenvalue weighted by molar-refractivity contribution is 5.91. The molecule has 106 valence electrons. The van der Waals surface area contributed by atoms with E-state index in [9.17, 15) is 4.79 Å². The van der Waals surface area contributed by atoms with Crippen LogP contribution in [0.25, 0.3) is 0 Å². The maximum atomic E-state index is 11.9. The number of benzene rings is 1. The van der Waals surface area contributed by atoms with E-state index in [0.29, 0.717) is 6.42 Å². The molecule has 19 heavy (non-hydrogen) atoms. The lowest BCUT2D eigenvalue weighted by atomic mass is 10.1. The minimum atomic E-state index is 0. The van der Waals surface area contributed by atoms with E-state index >= 15 is 0 Å². The number of para-hydroxylation sites is 1. The van der Waals surface area contributed by atoms with Crippen LogP contribution in [0, 0.1) is 0 Å².